The highest BCUT2D eigenvalue weighted by Gasteiger charge is 2.06. The van der Waals surface area contributed by atoms with Gasteiger partial charge >= 0.3 is 5.97 Å². The van der Waals surface area contributed by atoms with Crippen LogP contribution in [-0.4, -0.2) is 27.1 Å². The highest BCUT2D eigenvalue weighted by atomic mass is 32.2. The molecule has 1 aromatic carbocycles. The van der Waals surface area contributed by atoms with E-state index in [1.807, 2.05) is 30.5 Å². The van der Waals surface area contributed by atoms with Gasteiger partial charge in [-0.05, 0) is 24.5 Å². The van der Waals surface area contributed by atoms with Crippen molar-refractivity contribution in [2.24, 2.45) is 0 Å². The summed E-state index contributed by atoms with van der Waals surface area (Å²) in [6, 6.07) is 10.6. The van der Waals surface area contributed by atoms with Crippen molar-refractivity contribution in [3.05, 3.63) is 46.8 Å². The maximum atomic E-state index is 11.5. The molecule has 0 saturated heterocycles. The maximum Gasteiger partial charge on any atom is 0.325 e. The lowest BCUT2D eigenvalue weighted by Gasteiger charge is -2.05. The van der Waals surface area contributed by atoms with Crippen LogP contribution in [0.25, 0.3) is 11.3 Å². The van der Waals surface area contributed by atoms with E-state index in [2.05, 4.69) is 5.10 Å². The molecular weight excluding hydrogens is 264 g/mol. The second-order valence-electron chi connectivity index (χ2n) is 3.84. The predicted molar refractivity (Wildman–Crippen MR) is 73.3 cm³/mol. The molecular formula is C13H12N2O3S. The molecule has 0 aliphatic carbocycles. The number of aromatic nitrogens is 2. The highest BCUT2D eigenvalue weighted by molar-refractivity contribution is 7.98. The molecule has 0 amide bonds. The Hall–Kier alpha value is -2.08. The fourth-order valence-electron chi connectivity index (χ4n) is 1.61. The molecule has 0 unspecified atom stereocenters. The standard InChI is InChI=1S/C13H12N2O3S/c1-19-10-4-2-9(3-5-10)11-6-7-12(16)15(14-11)8-13(17)18/h2-7H,8H2,1H3,(H,17,18). The molecule has 0 radical (unpaired) electrons. The van der Waals surface area contributed by atoms with Crippen molar-refractivity contribution >= 4 is 17.7 Å². The molecule has 6 heteroatoms. The first kappa shape index (κ1) is 13.4. The average Bonchev–Trinajstić information content (AvgIpc) is 2.41. The quantitative estimate of drug-likeness (QED) is 0.861. The van der Waals surface area contributed by atoms with Gasteiger partial charge in [-0.3, -0.25) is 9.59 Å². The number of carboxylic acids is 1. The fraction of sp³-hybridized carbons (Fsp3) is 0.154. The molecule has 2 aromatic rings. The minimum Gasteiger partial charge on any atom is -0.480 e. The topological polar surface area (TPSA) is 72.2 Å². The molecule has 19 heavy (non-hydrogen) atoms. The summed E-state index contributed by atoms with van der Waals surface area (Å²) in [5.74, 6) is -1.09. The van der Waals surface area contributed by atoms with E-state index in [1.165, 1.54) is 6.07 Å². The summed E-state index contributed by atoms with van der Waals surface area (Å²) in [4.78, 5) is 23.2. The first-order chi connectivity index (χ1) is 9.10. The number of carboxylic acid groups (broad SMARTS) is 1. The Balaban J connectivity index is 2.39. The smallest absolute Gasteiger partial charge is 0.325 e. The van der Waals surface area contributed by atoms with E-state index in [0.717, 1.165) is 15.1 Å². The zero-order valence-electron chi connectivity index (χ0n) is 10.2. The average molecular weight is 276 g/mol. The summed E-state index contributed by atoms with van der Waals surface area (Å²) in [6.07, 6.45) is 1.99. The largest absolute Gasteiger partial charge is 0.480 e. The summed E-state index contributed by atoms with van der Waals surface area (Å²) < 4.78 is 0.945. The first-order valence-electron chi connectivity index (χ1n) is 5.54. The van der Waals surface area contributed by atoms with Crippen LogP contribution in [0.2, 0.25) is 0 Å². The third-order valence-corrected chi connectivity index (χ3v) is 3.28. The van der Waals surface area contributed by atoms with E-state index in [0.29, 0.717) is 5.69 Å². The van der Waals surface area contributed by atoms with Gasteiger partial charge in [0.25, 0.3) is 5.56 Å². The van der Waals surface area contributed by atoms with Crippen molar-refractivity contribution in [3.63, 3.8) is 0 Å². The van der Waals surface area contributed by atoms with E-state index in [-0.39, 0.29) is 0 Å². The Morgan fingerprint density at radius 1 is 1.26 bits per heavy atom. The molecule has 0 aliphatic heterocycles. The lowest BCUT2D eigenvalue weighted by molar-refractivity contribution is -0.138. The SMILES string of the molecule is CSc1ccc(-c2ccc(=O)n(CC(=O)O)n2)cc1. The molecule has 98 valence electrons. The van der Waals surface area contributed by atoms with Crippen molar-refractivity contribution in [1.82, 2.24) is 9.78 Å². The number of hydrogen-bond acceptors (Lipinski definition) is 4. The van der Waals surface area contributed by atoms with Gasteiger partial charge in [0, 0.05) is 16.5 Å². The number of carbonyl (C=O) groups is 1. The third-order valence-electron chi connectivity index (χ3n) is 2.54. The molecule has 0 aliphatic rings. The Morgan fingerprint density at radius 3 is 2.53 bits per heavy atom. The van der Waals surface area contributed by atoms with E-state index in [9.17, 15) is 9.59 Å². The zero-order valence-corrected chi connectivity index (χ0v) is 11.1. The minimum absolute atomic E-state index is 0.424. The third kappa shape index (κ3) is 3.23. The van der Waals surface area contributed by atoms with Crippen LogP contribution in [0.5, 0.6) is 0 Å². The van der Waals surface area contributed by atoms with Gasteiger partial charge in [0.1, 0.15) is 6.54 Å². The summed E-state index contributed by atoms with van der Waals surface area (Å²) in [5, 5.41) is 12.8. The van der Waals surface area contributed by atoms with Crippen molar-refractivity contribution in [2.75, 3.05) is 6.26 Å². The number of benzene rings is 1. The molecule has 2 rings (SSSR count). The van der Waals surface area contributed by atoms with Crippen LogP contribution in [0.15, 0.2) is 46.1 Å². The number of rotatable bonds is 4. The summed E-state index contributed by atoms with van der Waals surface area (Å²) in [5.41, 5.74) is 0.998. The van der Waals surface area contributed by atoms with Crippen molar-refractivity contribution in [2.45, 2.75) is 11.4 Å². The lowest BCUT2D eigenvalue weighted by Crippen LogP contribution is -2.25. The monoisotopic (exact) mass is 276 g/mol. The maximum absolute atomic E-state index is 11.5. The first-order valence-corrected chi connectivity index (χ1v) is 6.77. The molecule has 0 spiro atoms. The van der Waals surface area contributed by atoms with E-state index in [1.54, 1.807) is 17.8 Å². The van der Waals surface area contributed by atoms with Crippen molar-refractivity contribution in [3.8, 4) is 11.3 Å². The fourth-order valence-corrected chi connectivity index (χ4v) is 2.01. The Bertz CT molecular complexity index is 650. The van der Waals surface area contributed by atoms with Crippen LogP contribution < -0.4 is 5.56 Å². The van der Waals surface area contributed by atoms with Crippen molar-refractivity contribution < 1.29 is 9.90 Å². The molecule has 5 nitrogen and oxygen atoms in total. The van der Waals surface area contributed by atoms with Crippen LogP contribution >= 0.6 is 11.8 Å². The second-order valence-corrected chi connectivity index (χ2v) is 4.72. The van der Waals surface area contributed by atoms with Crippen LogP contribution in [0.1, 0.15) is 0 Å². The van der Waals surface area contributed by atoms with Crippen LogP contribution in [0, 0.1) is 0 Å². The number of aliphatic carboxylic acids is 1. The molecule has 0 atom stereocenters. The summed E-state index contributed by atoms with van der Waals surface area (Å²) in [7, 11) is 0. The van der Waals surface area contributed by atoms with Crippen LogP contribution in [0.3, 0.4) is 0 Å². The van der Waals surface area contributed by atoms with Gasteiger partial charge < -0.3 is 5.11 Å². The Kier molecular flexibility index (Phi) is 4.01. The van der Waals surface area contributed by atoms with Crippen molar-refractivity contribution in [1.29, 1.82) is 0 Å². The minimum atomic E-state index is -1.09. The Labute approximate surface area is 113 Å². The lowest BCUT2D eigenvalue weighted by atomic mass is 10.1. The van der Waals surface area contributed by atoms with E-state index < -0.39 is 18.1 Å². The van der Waals surface area contributed by atoms with E-state index in [4.69, 9.17) is 5.11 Å². The van der Waals surface area contributed by atoms with Gasteiger partial charge in [-0.25, -0.2) is 4.68 Å². The number of hydrogen-bond donors (Lipinski definition) is 1. The van der Waals surface area contributed by atoms with Gasteiger partial charge in [-0.2, -0.15) is 5.10 Å². The summed E-state index contributed by atoms with van der Waals surface area (Å²) >= 11 is 1.63. The number of thioether (sulfide) groups is 1. The molecule has 1 aromatic heterocycles. The second kappa shape index (κ2) is 5.71. The highest BCUT2D eigenvalue weighted by Crippen LogP contribution is 2.20. The van der Waals surface area contributed by atoms with Gasteiger partial charge in [0.15, 0.2) is 0 Å². The summed E-state index contributed by atoms with van der Waals surface area (Å²) in [6.45, 7) is -0.435. The van der Waals surface area contributed by atoms with Gasteiger partial charge in [0.05, 0.1) is 5.69 Å². The normalized spacial score (nSPS) is 10.4. The van der Waals surface area contributed by atoms with Gasteiger partial charge in [-0.1, -0.05) is 12.1 Å². The van der Waals surface area contributed by atoms with Gasteiger partial charge in [-0.15, -0.1) is 11.8 Å². The Morgan fingerprint density at radius 2 is 1.95 bits per heavy atom. The van der Waals surface area contributed by atoms with Crippen LogP contribution in [-0.2, 0) is 11.3 Å². The van der Waals surface area contributed by atoms with Gasteiger partial charge in [0.2, 0.25) is 0 Å². The predicted octanol–water partition coefficient (Wildman–Crippen LogP) is 1.72. The molecule has 1 heterocycles. The molecule has 0 fully saturated rings. The molecule has 0 saturated carbocycles. The molecule has 1 N–H and O–H groups in total. The van der Waals surface area contributed by atoms with Crippen LogP contribution in [0.4, 0.5) is 0 Å². The number of nitrogens with zero attached hydrogens (tertiary/aromatic N) is 2. The zero-order chi connectivity index (χ0) is 13.8. The van der Waals surface area contributed by atoms with E-state index >= 15 is 0 Å². The molecule has 0 bridgehead atoms.